The van der Waals surface area contributed by atoms with E-state index in [0.717, 1.165) is 18.3 Å². The van der Waals surface area contributed by atoms with Gasteiger partial charge in [0.05, 0.1) is 0 Å². The molecule has 1 aromatic rings. The van der Waals surface area contributed by atoms with E-state index in [4.69, 9.17) is 5.73 Å². The highest BCUT2D eigenvalue weighted by atomic mass is 15.0. The Morgan fingerprint density at radius 2 is 2.29 bits per heavy atom. The summed E-state index contributed by atoms with van der Waals surface area (Å²) in [5.74, 6) is 2.42. The average Bonchev–Trinajstić information content (AvgIpc) is 2.09. The van der Waals surface area contributed by atoms with Crippen molar-refractivity contribution >= 4 is 11.6 Å². The summed E-state index contributed by atoms with van der Waals surface area (Å²) < 4.78 is 0. The summed E-state index contributed by atoms with van der Waals surface area (Å²) in [7, 11) is 0. The van der Waals surface area contributed by atoms with E-state index in [2.05, 4.69) is 10.3 Å². The molecular formula is C11H17N3. The van der Waals surface area contributed by atoms with Gasteiger partial charge >= 0.3 is 0 Å². The van der Waals surface area contributed by atoms with E-state index in [-0.39, 0.29) is 0 Å². The molecule has 3 heteroatoms. The second kappa shape index (κ2) is 4.31. The van der Waals surface area contributed by atoms with Gasteiger partial charge in [-0.05, 0) is 24.5 Å². The predicted molar refractivity (Wildman–Crippen MR) is 59.1 cm³/mol. The molecule has 1 fully saturated rings. The molecule has 0 amide bonds. The lowest BCUT2D eigenvalue weighted by Gasteiger charge is -2.25. The van der Waals surface area contributed by atoms with E-state index in [1.165, 1.54) is 25.7 Å². The number of nitrogens with one attached hydrogen (secondary N) is 1. The van der Waals surface area contributed by atoms with Crippen LogP contribution in [0.3, 0.4) is 0 Å². The molecule has 3 nitrogen and oxygen atoms in total. The SMILES string of the molecule is Nc1cccc(NCCC2CCC2)n1. The molecule has 1 heterocycles. The number of nitrogen functional groups attached to an aromatic ring is 1. The fourth-order valence-corrected chi connectivity index (χ4v) is 1.74. The van der Waals surface area contributed by atoms with Crippen molar-refractivity contribution in [1.29, 1.82) is 0 Å². The van der Waals surface area contributed by atoms with Crippen molar-refractivity contribution in [2.24, 2.45) is 5.92 Å². The van der Waals surface area contributed by atoms with Gasteiger partial charge in [0.2, 0.25) is 0 Å². The van der Waals surface area contributed by atoms with Gasteiger partial charge in [0, 0.05) is 6.54 Å². The predicted octanol–water partition coefficient (Wildman–Crippen LogP) is 2.27. The third-order valence-corrected chi connectivity index (χ3v) is 2.85. The molecule has 0 spiro atoms. The number of nitrogens with zero attached hydrogens (tertiary/aromatic N) is 1. The Hall–Kier alpha value is -1.25. The molecular weight excluding hydrogens is 174 g/mol. The Balaban J connectivity index is 1.74. The Bertz CT molecular complexity index is 294. The molecule has 76 valence electrons. The largest absolute Gasteiger partial charge is 0.384 e. The van der Waals surface area contributed by atoms with Gasteiger partial charge in [-0.25, -0.2) is 4.98 Å². The van der Waals surface area contributed by atoms with Crippen molar-refractivity contribution in [2.45, 2.75) is 25.7 Å². The molecule has 0 unspecified atom stereocenters. The first-order chi connectivity index (χ1) is 6.84. The fraction of sp³-hybridized carbons (Fsp3) is 0.545. The molecule has 0 saturated heterocycles. The van der Waals surface area contributed by atoms with Gasteiger partial charge < -0.3 is 11.1 Å². The lowest BCUT2D eigenvalue weighted by Crippen LogP contribution is -2.16. The number of hydrogen-bond acceptors (Lipinski definition) is 3. The molecule has 0 aromatic carbocycles. The maximum Gasteiger partial charge on any atom is 0.128 e. The van der Waals surface area contributed by atoms with Crippen LogP contribution in [-0.2, 0) is 0 Å². The molecule has 0 radical (unpaired) electrons. The van der Waals surface area contributed by atoms with E-state index in [9.17, 15) is 0 Å². The normalized spacial score (nSPS) is 16.3. The minimum atomic E-state index is 0.582. The second-order valence-electron chi connectivity index (χ2n) is 3.96. The minimum Gasteiger partial charge on any atom is -0.384 e. The van der Waals surface area contributed by atoms with E-state index in [0.29, 0.717) is 5.82 Å². The topological polar surface area (TPSA) is 50.9 Å². The van der Waals surface area contributed by atoms with Crippen molar-refractivity contribution < 1.29 is 0 Å². The van der Waals surface area contributed by atoms with Gasteiger partial charge in [-0.2, -0.15) is 0 Å². The number of anilines is 2. The third-order valence-electron chi connectivity index (χ3n) is 2.85. The Kier molecular flexibility index (Phi) is 2.87. The number of pyridine rings is 1. The third kappa shape index (κ3) is 2.37. The molecule has 1 aliphatic rings. The number of nitrogens with two attached hydrogens (primary N) is 1. The molecule has 1 saturated carbocycles. The number of hydrogen-bond donors (Lipinski definition) is 2. The Labute approximate surface area is 84.7 Å². The zero-order valence-corrected chi connectivity index (χ0v) is 8.37. The Morgan fingerprint density at radius 3 is 2.93 bits per heavy atom. The zero-order chi connectivity index (χ0) is 9.80. The second-order valence-corrected chi connectivity index (χ2v) is 3.96. The van der Waals surface area contributed by atoms with Crippen molar-refractivity contribution in [1.82, 2.24) is 4.98 Å². The molecule has 1 aliphatic carbocycles. The van der Waals surface area contributed by atoms with Gasteiger partial charge in [-0.3, -0.25) is 0 Å². The quantitative estimate of drug-likeness (QED) is 0.767. The number of aromatic nitrogens is 1. The van der Waals surface area contributed by atoms with E-state index >= 15 is 0 Å². The highest BCUT2D eigenvalue weighted by Crippen LogP contribution is 2.29. The first-order valence-electron chi connectivity index (χ1n) is 5.31. The van der Waals surface area contributed by atoms with Crippen molar-refractivity contribution in [3.63, 3.8) is 0 Å². The van der Waals surface area contributed by atoms with Gasteiger partial charge in [0.25, 0.3) is 0 Å². The molecule has 0 atom stereocenters. The van der Waals surface area contributed by atoms with Crippen LogP contribution in [0.2, 0.25) is 0 Å². The van der Waals surface area contributed by atoms with Crippen LogP contribution in [-0.4, -0.2) is 11.5 Å². The molecule has 3 N–H and O–H groups in total. The first kappa shape index (κ1) is 9.31. The van der Waals surface area contributed by atoms with Crippen LogP contribution < -0.4 is 11.1 Å². The standard InChI is InChI=1S/C11H17N3/c12-10-5-2-6-11(14-10)13-8-7-9-3-1-4-9/h2,5-6,9H,1,3-4,7-8H2,(H3,12,13,14). The summed E-state index contributed by atoms with van der Waals surface area (Å²) in [6, 6.07) is 5.68. The molecule has 2 rings (SSSR count). The summed E-state index contributed by atoms with van der Waals surface area (Å²) in [6.07, 6.45) is 5.50. The monoisotopic (exact) mass is 191 g/mol. The summed E-state index contributed by atoms with van der Waals surface area (Å²) in [6.45, 7) is 1.02. The molecule has 0 bridgehead atoms. The minimum absolute atomic E-state index is 0.582. The molecule has 14 heavy (non-hydrogen) atoms. The van der Waals surface area contributed by atoms with E-state index < -0.39 is 0 Å². The maximum absolute atomic E-state index is 5.58. The lowest BCUT2D eigenvalue weighted by atomic mass is 9.83. The van der Waals surface area contributed by atoms with Crippen LogP contribution in [0.4, 0.5) is 11.6 Å². The van der Waals surface area contributed by atoms with Gasteiger partial charge in [0.1, 0.15) is 11.6 Å². The highest BCUT2D eigenvalue weighted by molar-refractivity contribution is 5.41. The molecule has 1 aromatic heterocycles. The summed E-state index contributed by atoms with van der Waals surface area (Å²) in [5, 5.41) is 3.29. The average molecular weight is 191 g/mol. The van der Waals surface area contributed by atoms with Crippen molar-refractivity contribution in [2.75, 3.05) is 17.6 Å². The first-order valence-corrected chi connectivity index (χ1v) is 5.31. The van der Waals surface area contributed by atoms with Gasteiger partial charge in [-0.1, -0.05) is 25.3 Å². The maximum atomic E-state index is 5.58. The van der Waals surface area contributed by atoms with Crippen molar-refractivity contribution in [3.8, 4) is 0 Å². The van der Waals surface area contributed by atoms with Crippen LogP contribution in [0.1, 0.15) is 25.7 Å². The van der Waals surface area contributed by atoms with E-state index in [1.807, 2.05) is 12.1 Å². The lowest BCUT2D eigenvalue weighted by molar-refractivity contribution is 0.303. The summed E-state index contributed by atoms with van der Waals surface area (Å²) in [5.41, 5.74) is 5.58. The van der Waals surface area contributed by atoms with Crippen LogP contribution >= 0.6 is 0 Å². The van der Waals surface area contributed by atoms with Crippen LogP contribution in [0.25, 0.3) is 0 Å². The number of rotatable bonds is 4. The highest BCUT2D eigenvalue weighted by Gasteiger charge is 2.16. The van der Waals surface area contributed by atoms with Crippen LogP contribution in [0.15, 0.2) is 18.2 Å². The van der Waals surface area contributed by atoms with Crippen LogP contribution in [0.5, 0.6) is 0 Å². The Morgan fingerprint density at radius 1 is 1.43 bits per heavy atom. The van der Waals surface area contributed by atoms with Gasteiger partial charge in [0.15, 0.2) is 0 Å². The molecule has 0 aliphatic heterocycles. The smallest absolute Gasteiger partial charge is 0.128 e. The van der Waals surface area contributed by atoms with Crippen molar-refractivity contribution in [3.05, 3.63) is 18.2 Å². The summed E-state index contributed by atoms with van der Waals surface area (Å²) >= 11 is 0. The van der Waals surface area contributed by atoms with Gasteiger partial charge in [-0.15, -0.1) is 0 Å². The van der Waals surface area contributed by atoms with Crippen LogP contribution in [0, 0.1) is 5.92 Å². The summed E-state index contributed by atoms with van der Waals surface area (Å²) in [4.78, 5) is 4.18. The zero-order valence-electron chi connectivity index (χ0n) is 8.37. The fourth-order valence-electron chi connectivity index (χ4n) is 1.74. The van der Waals surface area contributed by atoms with E-state index in [1.54, 1.807) is 6.07 Å².